The molecular formula is C19H24ClF3N3O6P. The first-order chi connectivity index (χ1) is 15.6. The molecule has 33 heavy (non-hydrogen) atoms. The number of ether oxygens (including phenoxy) is 3. The fourth-order valence-electron chi connectivity index (χ4n) is 2.54. The van der Waals surface area contributed by atoms with Gasteiger partial charge in [0.1, 0.15) is 16.5 Å². The number of methoxy groups -OCH3 is 3. The number of benzene rings is 1. The monoisotopic (exact) mass is 513 g/mol. The molecule has 0 saturated carbocycles. The summed E-state index contributed by atoms with van der Waals surface area (Å²) in [6, 6.07) is 4.78. The lowest BCUT2D eigenvalue weighted by Gasteiger charge is -2.19. The minimum absolute atomic E-state index is 0.0559. The van der Waals surface area contributed by atoms with Gasteiger partial charge < -0.3 is 28.6 Å². The molecule has 0 saturated heterocycles. The van der Waals surface area contributed by atoms with E-state index in [0.29, 0.717) is 23.2 Å². The maximum absolute atomic E-state index is 13.1. The number of nitrogens with zero attached hydrogens (tertiary/aromatic N) is 2. The van der Waals surface area contributed by atoms with Crippen LogP contribution in [0.5, 0.6) is 5.75 Å². The van der Waals surface area contributed by atoms with Crippen LogP contribution in [0.3, 0.4) is 0 Å². The minimum Gasteiger partial charge on any atom is -0.495 e. The molecule has 9 nitrogen and oxygen atoms in total. The summed E-state index contributed by atoms with van der Waals surface area (Å²) >= 11 is 5.64. The highest BCUT2D eigenvalue weighted by Crippen LogP contribution is 2.51. The molecule has 184 valence electrons. The fourth-order valence-corrected chi connectivity index (χ4v) is 4.38. The normalized spacial score (nSPS) is 12.1. The van der Waals surface area contributed by atoms with Crippen LogP contribution in [0, 0.1) is 0 Å². The molecule has 0 atom stereocenters. The van der Waals surface area contributed by atoms with Crippen LogP contribution >= 0.6 is 19.2 Å². The van der Waals surface area contributed by atoms with Gasteiger partial charge in [0.15, 0.2) is 0 Å². The van der Waals surface area contributed by atoms with E-state index < -0.39 is 24.5 Å². The Morgan fingerprint density at radius 3 is 2.21 bits per heavy atom. The predicted octanol–water partition coefficient (Wildman–Crippen LogP) is 4.92. The number of rotatable bonds is 13. The van der Waals surface area contributed by atoms with E-state index in [1.54, 1.807) is 18.2 Å². The molecule has 1 aromatic heterocycles. The van der Waals surface area contributed by atoms with Crippen LogP contribution in [-0.4, -0.2) is 57.7 Å². The molecule has 0 radical (unpaired) electrons. The first-order valence-electron chi connectivity index (χ1n) is 9.51. The zero-order chi connectivity index (χ0) is 24.5. The summed E-state index contributed by atoms with van der Waals surface area (Å²) in [5.41, 5.74) is -0.218. The van der Waals surface area contributed by atoms with Crippen LogP contribution in [0.1, 0.15) is 11.1 Å². The Bertz CT molecular complexity index is 953. The van der Waals surface area contributed by atoms with Gasteiger partial charge in [-0.15, -0.1) is 0 Å². The second-order valence-electron chi connectivity index (χ2n) is 6.48. The van der Waals surface area contributed by atoms with E-state index in [2.05, 4.69) is 15.3 Å². The Kier molecular flexibility index (Phi) is 10.3. The highest BCUT2D eigenvalue weighted by molar-refractivity contribution is 7.53. The molecule has 0 aliphatic heterocycles. The summed E-state index contributed by atoms with van der Waals surface area (Å²) in [6.07, 6.45) is -4.14. The van der Waals surface area contributed by atoms with Gasteiger partial charge in [0.05, 0.1) is 45.4 Å². The highest BCUT2D eigenvalue weighted by atomic mass is 35.5. The van der Waals surface area contributed by atoms with Crippen LogP contribution in [-0.2, 0) is 35.4 Å². The summed E-state index contributed by atoms with van der Waals surface area (Å²) in [5, 5.41) is 2.02. The predicted molar refractivity (Wildman–Crippen MR) is 115 cm³/mol. The lowest BCUT2D eigenvalue weighted by atomic mass is 10.2. The Morgan fingerprint density at radius 2 is 1.70 bits per heavy atom. The highest BCUT2D eigenvalue weighted by Gasteiger charge is 2.34. The fraction of sp³-hybridized carbons (Fsp3) is 0.474. The van der Waals surface area contributed by atoms with Crippen molar-refractivity contribution in [3.8, 4) is 5.75 Å². The molecule has 14 heteroatoms. The van der Waals surface area contributed by atoms with E-state index in [0.717, 1.165) is 0 Å². The molecule has 1 aromatic carbocycles. The zero-order valence-corrected chi connectivity index (χ0v) is 19.8. The number of hydrogen-bond donors (Lipinski definition) is 1. The van der Waals surface area contributed by atoms with Gasteiger partial charge in [-0.2, -0.15) is 13.2 Å². The molecule has 0 aliphatic rings. The molecule has 0 unspecified atom stereocenters. The lowest BCUT2D eigenvalue weighted by molar-refractivity contribution is -0.137. The smallest absolute Gasteiger partial charge is 0.420 e. The molecule has 0 bridgehead atoms. The van der Waals surface area contributed by atoms with Crippen LogP contribution in [0.4, 0.5) is 24.8 Å². The van der Waals surface area contributed by atoms with Crippen molar-refractivity contribution in [2.45, 2.75) is 12.3 Å². The van der Waals surface area contributed by atoms with E-state index in [1.165, 1.54) is 21.3 Å². The first kappa shape index (κ1) is 27.3. The maximum atomic E-state index is 13.1. The molecule has 0 fully saturated rings. The molecule has 1 heterocycles. The van der Waals surface area contributed by atoms with Gasteiger partial charge in [-0.1, -0.05) is 17.7 Å². The number of anilines is 2. The topological polar surface area (TPSA) is 101 Å². The van der Waals surface area contributed by atoms with Gasteiger partial charge in [-0.05, 0) is 17.7 Å². The number of aromatic nitrogens is 2. The quantitative estimate of drug-likeness (QED) is 0.227. The number of halogens is 4. The standard InChI is InChI=1S/C19H24ClF3N3O6P/c1-28-6-8-31-33(27,32-9-7-29-2)12-13-4-5-15(16(10-13)30-3)25-18-24-11-14(17(20)26-18)19(21,22)23/h4-5,10-11H,6-9,12H2,1-3H3,(H,24,25,26). The second-order valence-corrected chi connectivity index (χ2v) is 8.89. The number of alkyl halides is 3. The summed E-state index contributed by atoms with van der Waals surface area (Å²) in [6.45, 7) is 0.617. The lowest BCUT2D eigenvalue weighted by Crippen LogP contribution is -2.09. The van der Waals surface area contributed by atoms with Gasteiger partial charge in [0.25, 0.3) is 0 Å². The molecule has 1 N–H and O–H groups in total. The third-order valence-electron chi connectivity index (χ3n) is 4.09. The second kappa shape index (κ2) is 12.5. The molecular weight excluding hydrogens is 490 g/mol. The maximum Gasteiger partial charge on any atom is 0.420 e. The van der Waals surface area contributed by atoms with Gasteiger partial charge in [0, 0.05) is 20.4 Å². The largest absolute Gasteiger partial charge is 0.495 e. The molecule has 0 spiro atoms. The van der Waals surface area contributed by atoms with Gasteiger partial charge in [-0.25, -0.2) is 9.97 Å². The zero-order valence-electron chi connectivity index (χ0n) is 18.1. The van der Waals surface area contributed by atoms with Gasteiger partial charge >= 0.3 is 13.8 Å². The van der Waals surface area contributed by atoms with Crippen molar-refractivity contribution in [3.63, 3.8) is 0 Å². The Labute approximate surface area is 194 Å². The average Bonchev–Trinajstić information content (AvgIpc) is 2.74. The summed E-state index contributed by atoms with van der Waals surface area (Å²) in [4.78, 5) is 7.29. The molecule has 2 rings (SSSR count). The Morgan fingerprint density at radius 1 is 1.06 bits per heavy atom. The van der Waals surface area contributed by atoms with Crippen molar-refractivity contribution < 1.29 is 41.0 Å². The number of nitrogens with one attached hydrogen (secondary N) is 1. The van der Waals surface area contributed by atoms with Gasteiger partial charge in [0.2, 0.25) is 5.95 Å². The number of hydrogen-bond acceptors (Lipinski definition) is 9. The van der Waals surface area contributed by atoms with E-state index in [4.69, 9.17) is 34.9 Å². The van der Waals surface area contributed by atoms with Crippen molar-refractivity contribution in [1.82, 2.24) is 9.97 Å². The molecule has 2 aromatic rings. The first-order valence-corrected chi connectivity index (χ1v) is 11.6. The molecule has 0 amide bonds. The van der Waals surface area contributed by atoms with E-state index >= 15 is 0 Å². The van der Waals surface area contributed by atoms with Crippen molar-refractivity contribution in [2.75, 3.05) is 53.1 Å². The van der Waals surface area contributed by atoms with Crippen molar-refractivity contribution >= 4 is 30.8 Å². The van der Waals surface area contributed by atoms with E-state index in [9.17, 15) is 17.7 Å². The van der Waals surface area contributed by atoms with Crippen LogP contribution in [0.15, 0.2) is 24.4 Å². The SMILES string of the molecule is COCCOP(=O)(Cc1ccc(Nc2ncc(C(F)(F)F)c(Cl)n2)c(OC)c1)OCCOC. The van der Waals surface area contributed by atoms with Crippen LogP contribution in [0.2, 0.25) is 5.15 Å². The van der Waals surface area contributed by atoms with Crippen molar-refractivity contribution in [2.24, 2.45) is 0 Å². The van der Waals surface area contributed by atoms with Gasteiger partial charge in [-0.3, -0.25) is 4.57 Å². The summed E-state index contributed by atoms with van der Waals surface area (Å²) in [5.74, 6) is 0.142. The van der Waals surface area contributed by atoms with E-state index in [-0.39, 0.29) is 38.5 Å². The molecule has 0 aliphatic carbocycles. The van der Waals surface area contributed by atoms with Crippen molar-refractivity contribution in [1.29, 1.82) is 0 Å². The average molecular weight is 514 g/mol. The Hall–Kier alpha value is -1.95. The Balaban J connectivity index is 2.20. The van der Waals surface area contributed by atoms with E-state index in [1.807, 2.05) is 0 Å². The van der Waals surface area contributed by atoms with Crippen LogP contribution in [0.25, 0.3) is 0 Å². The van der Waals surface area contributed by atoms with Crippen LogP contribution < -0.4 is 10.1 Å². The summed E-state index contributed by atoms with van der Waals surface area (Å²) < 4.78 is 77.7. The summed E-state index contributed by atoms with van der Waals surface area (Å²) in [7, 11) is 0.853. The third-order valence-corrected chi connectivity index (χ3v) is 6.28. The minimum atomic E-state index is -4.67. The third kappa shape index (κ3) is 8.40. The van der Waals surface area contributed by atoms with Crippen molar-refractivity contribution in [3.05, 3.63) is 40.7 Å².